The van der Waals surface area contributed by atoms with Crippen molar-refractivity contribution in [2.24, 2.45) is 7.05 Å². The first-order valence-electron chi connectivity index (χ1n) is 9.29. The quantitative estimate of drug-likeness (QED) is 0.529. The number of nitrogens with one attached hydrogen (secondary N) is 1. The molecule has 8 nitrogen and oxygen atoms in total. The number of anilines is 1. The average molecular weight is 434 g/mol. The van der Waals surface area contributed by atoms with Crippen molar-refractivity contribution < 1.29 is 13.2 Å². The lowest BCUT2D eigenvalue weighted by Crippen LogP contribution is -2.23. The molecular weight excluding hydrogens is 416 g/mol. The lowest BCUT2D eigenvalue weighted by molar-refractivity contribution is 0.102. The van der Waals surface area contributed by atoms with E-state index in [2.05, 4.69) is 15.3 Å². The Hall–Kier alpha value is -3.85. The number of para-hydroxylation sites is 1. The number of hydrogen-bond donors (Lipinski definition) is 1. The van der Waals surface area contributed by atoms with Crippen LogP contribution in [0.5, 0.6) is 0 Å². The first-order chi connectivity index (χ1) is 14.8. The van der Waals surface area contributed by atoms with Crippen LogP contribution in [0.4, 0.5) is 5.82 Å². The molecule has 0 aliphatic heterocycles. The number of hydrogen-bond acceptors (Lipinski definition) is 6. The number of amides is 1. The largest absolute Gasteiger partial charge is 0.306 e. The maximum absolute atomic E-state index is 13.0. The van der Waals surface area contributed by atoms with E-state index in [-0.39, 0.29) is 32.7 Å². The van der Waals surface area contributed by atoms with Crippen LogP contribution in [0.25, 0.3) is 22.3 Å². The van der Waals surface area contributed by atoms with Gasteiger partial charge in [-0.3, -0.25) is 14.2 Å². The van der Waals surface area contributed by atoms with Gasteiger partial charge in [-0.2, -0.15) is 0 Å². The van der Waals surface area contributed by atoms with Crippen LogP contribution in [-0.2, 0) is 16.9 Å². The van der Waals surface area contributed by atoms with Gasteiger partial charge in [0.05, 0.1) is 21.4 Å². The smallest absolute Gasteiger partial charge is 0.261 e. The van der Waals surface area contributed by atoms with E-state index in [1.807, 2.05) is 0 Å². The molecule has 0 aliphatic carbocycles. The first kappa shape index (κ1) is 20.4. The number of pyridine rings is 1. The number of aromatic nitrogens is 3. The lowest BCUT2D eigenvalue weighted by Gasteiger charge is -2.14. The summed E-state index contributed by atoms with van der Waals surface area (Å²) in [7, 11) is -2.06. The highest BCUT2D eigenvalue weighted by Crippen LogP contribution is 2.27. The van der Waals surface area contributed by atoms with Crippen LogP contribution in [-0.4, -0.2) is 35.1 Å². The van der Waals surface area contributed by atoms with Crippen molar-refractivity contribution in [2.45, 2.75) is 4.90 Å². The Morgan fingerprint density at radius 1 is 1.00 bits per heavy atom. The normalized spacial score (nSPS) is 11.4. The molecule has 1 N–H and O–H groups in total. The average Bonchev–Trinajstić information content (AvgIpc) is 2.76. The predicted octanol–water partition coefficient (Wildman–Crippen LogP) is 2.65. The molecule has 0 unspecified atom stereocenters. The molecule has 0 aliphatic rings. The maximum Gasteiger partial charge on any atom is 0.261 e. The Morgan fingerprint density at radius 2 is 1.74 bits per heavy atom. The third kappa shape index (κ3) is 3.82. The van der Waals surface area contributed by atoms with Crippen LogP contribution >= 0.6 is 0 Å². The molecule has 0 atom stereocenters. The minimum Gasteiger partial charge on any atom is -0.306 e. The second kappa shape index (κ2) is 7.77. The Kier molecular flexibility index (Phi) is 5.12. The van der Waals surface area contributed by atoms with Gasteiger partial charge in [-0.1, -0.05) is 24.3 Å². The van der Waals surface area contributed by atoms with Gasteiger partial charge in [-0.15, -0.1) is 0 Å². The van der Waals surface area contributed by atoms with Gasteiger partial charge in [0.15, 0.2) is 9.84 Å². The first-order valence-corrected chi connectivity index (χ1v) is 11.2. The molecule has 31 heavy (non-hydrogen) atoms. The third-order valence-electron chi connectivity index (χ3n) is 4.79. The second-order valence-corrected chi connectivity index (χ2v) is 8.92. The summed E-state index contributed by atoms with van der Waals surface area (Å²) in [6.07, 6.45) is 2.64. The molecule has 2 aromatic carbocycles. The molecular formula is C22H18N4O4S. The molecule has 0 saturated carbocycles. The topological polar surface area (TPSA) is 111 Å². The van der Waals surface area contributed by atoms with Crippen LogP contribution in [0.2, 0.25) is 0 Å². The summed E-state index contributed by atoms with van der Waals surface area (Å²) < 4.78 is 25.8. The van der Waals surface area contributed by atoms with E-state index in [4.69, 9.17) is 0 Å². The summed E-state index contributed by atoms with van der Waals surface area (Å²) in [5.74, 6) is 0.0278. The molecule has 9 heteroatoms. The molecule has 0 bridgehead atoms. The molecule has 0 saturated heterocycles. The zero-order valence-electron chi connectivity index (χ0n) is 16.7. The van der Waals surface area contributed by atoms with Crippen molar-refractivity contribution in [3.63, 3.8) is 0 Å². The summed E-state index contributed by atoms with van der Waals surface area (Å²) in [6, 6.07) is 16.1. The van der Waals surface area contributed by atoms with E-state index in [1.165, 1.54) is 17.7 Å². The van der Waals surface area contributed by atoms with Gasteiger partial charge < -0.3 is 5.32 Å². The minimum atomic E-state index is -3.57. The molecule has 1 amide bonds. The second-order valence-electron chi connectivity index (χ2n) is 6.94. The Balaban J connectivity index is 1.95. The Morgan fingerprint density at radius 3 is 2.45 bits per heavy atom. The van der Waals surface area contributed by atoms with Gasteiger partial charge in [-0.05, 0) is 36.4 Å². The van der Waals surface area contributed by atoms with Crippen molar-refractivity contribution in [1.29, 1.82) is 0 Å². The van der Waals surface area contributed by atoms with Crippen molar-refractivity contribution in [3.8, 4) is 11.4 Å². The van der Waals surface area contributed by atoms with Crippen molar-refractivity contribution in [1.82, 2.24) is 14.5 Å². The number of nitrogens with zero attached hydrogens (tertiary/aromatic N) is 3. The molecule has 4 aromatic rings. The van der Waals surface area contributed by atoms with Crippen LogP contribution in [0.15, 0.2) is 76.6 Å². The van der Waals surface area contributed by atoms with Gasteiger partial charge >= 0.3 is 0 Å². The number of sulfone groups is 1. The standard InChI is InChI=1S/C22H18N4O4S/c1-26-20(14-8-3-4-11-17(14)31(2,29)30)25-19-15(9-7-10-16(19)22(26)28)21(27)24-18-12-5-6-13-23-18/h3-13H,1-2H3,(H,23,24,27). The van der Waals surface area contributed by atoms with Gasteiger partial charge in [0, 0.05) is 25.1 Å². The van der Waals surface area contributed by atoms with Gasteiger partial charge in [0.25, 0.3) is 11.5 Å². The van der Waals surface area contributed by atoms with E-state index in [0.29, 0.717) is 5.82 Å². The zero-order chi connectivity index (χ0) is 22.2. The van der Waals surface area contributed by atoms with Crippen molar-refractivity contribution in [3.05, 3.63) is 82.8 Å². The highest BCUT2D eigenvalue weighted by molar-refractivity contribution is 7.90. The van der Waals surface area contributed by atoms with E-state index in [1.54, 1.807) is 60.8 Å². The number of benzene rings is 2. The number of carbonyl (C=O) groups excluding carboxylic acids is 1. The molecule has 0 radical (unpaired) electrons. The van der Waals surface area contributed by atoms with Gasteiger partial charge in [0.1, 0.15) is 11.6 Å². The number of fused-ring (bicyclic) bond motifs is 1. The van der Waals surface area contributed by atoms with Crippen LogP contribution < -0.4 is 10.9 Å². The summed E-state index contributed by atoms with van der Waals surface area (Å²) in [6.45, 7) is 0. The molecule has 2 heterocycles. The minimum absolute atomic E-state index is 0.0484. The fourth-order valence-electron chi connectivity index (χ4n) is 3.31. The third-order valence-corrected chi connectivity index (χ3v) is 5.94. The summed E-state index contributed by atoms with van der Waals surface area (Å²) in [5.41, 5.74) is 0.249. The molecule has 0 spiro atoms. The van der Waals surface area contributed by atoms with Crippen molar-refractivity contribution in [2.75, 3.05) is 11.6 Å². The fraction of sp³-hybridized carbons (Fsp3) is 0.0909. The van der Waals surface area contributed by atoms with E-state index < -0.39 is 21.3 Å². The molecule has 0 fully saturated rings. The van der Waals surface area contributed by atoms with E-state index in [0.717, 1.165) is 6.26 Å². The van der Waals surface area contributed by atoms with Crippen molar-refractivity contribution >= 4 is 32.5 Å². The van der Waals surface area contributed by atoms with E-state index in [9.17, 15) is 18.0 Å². The molecule has 4 rings (SSSR count). The van der Waals surface area contributed by atoms with Crippen LogP contribution in [0, 0.1) is 0 Å². The molecule has 156 valence electrons. The van der Waals surface area contributed by atoms with Crippen LogP contribution in [0.1, 0.15) is 10.4 Å². The Bertz CT molecular complexity index is 1480. The fourth-order valence-corrected chi connectivity index (χ4v) is 4.20. The predicted molar refractivity (Wildman–Crippen MR) is 118 cm³/mol. The molecule has 2 aromatic heterocycles. The zero-order valence-corrected chi connectivity index (χ0v) is 17.6. The maximum atomic E-state index is 13.0. The summed E-state index contributed by atoms with van der Waals surface area (Å²) in [5, 5.41) is 2.93. The van der Waals surface area contributed by atoms with Gasteiger partial charge in [-0.25, -0.2) is 18.4 Å². The van der Waals surface area contributed by atoms with E-state index >= 15 is 0 Å². The Labute approximate surface area is 178 Å². The monoisotopic (exact) mass is 434 g/mol. The summed E-state index contributed by atoms with van der Waals surface area (Å²) in [4.78, 5) is 34.6. The SMILES string of the molecule is Cn1c(-c2ccccc2S(C)(=O)=O)nc2c(C(=O)Nc3ccccn3)cccc2c1=O. The number of rotatable bonds is 4. The summed E-state index contributed by atoms with van der Waals surface area (Å²) >= 11 is 0. The van der Waals surface area contributed by atoms with Crippen LogP contribution in [0.3, 0.4) is 0 Å². The lowest BCUT2D eigenvalue weighted by atomic mass is 10.1. The van der Waals surface area contributed by atoms with Gasteiger partial charge in [0.2, 0.25) is 0 Å². The highest BCUT2D eigenvalue weighted by atomic mass is 32.2. The number of carbonyl (C=O) groups is 1. The highest BCUT2D eigenvalue weighted by Gasteiger charge is 2.21.